The number of aliphatic imine (C=N–C) groups is 2. The van der Waals surface area contributed by atoms with E-state index in [1.807, 2.05) is 12.1 Å². The van der Waals surface area contributed by atoms with E-state index in [1.54, 1.807) is 60.7 Å². The summed E-state index contributed by atoms with van der Waals surface area (Å²) in [5.41, 5.74) is 2.65. The van der Waals surface area contributed by atoms with Crippen LogP contribution in [0.25, 0.3) is 0 Å². The Balaban J connectivity index is 1.49. The maximum absolute atomic E-state index is 14.3. The van der Waals surface area contributed by atoms with E-state index in [9.17, 15) is 9.59 Å². The van der Waals surface area contributed by atoms with Gasteiger partial charge in [-0.3, -0.25) is 19.6 Å². The molecule has 278 valence electrons. The number of hydrogen-bond donors (Lipinski definition) is 2. The number of Topliss-reactive ketones (excluding diaryl/α,β-unsaturated/α-hetero) is 2. The molecule has 0 saturated carbocycles. The van der Waals surface area contributed by atoms with Gasteiger partial charge in [0.25, 0.3) is 0 Å². The molecule has 54 heavy (non-hydrogen) atoms. The first kappa shape index (κ1) is 39.1. The molecule has 4 aromatic carbocycles. The summed E-state index contributed by atoms with van der Waals surface area (Å²) < 4.78 is 12.3. The monoisotopic (exact) mass is 802 g/mol. The Morgan fingerprint density at radius 1 is 0.500 bits per heavy atom. The van der Waals surface area contributed by atoms with Crippen LogP contribution < -0.4 is 20.1 Å². The van der Waals surface area contributed by atoms with E-state index in [0.717, 1.165) is 51.4 Å². The summed E-state index contributed by atoms with van der Waals surface area (Å²) in [6.07, 6.45) is 14.1. The van der Waals surface area contributed by atoms with Gasteiger partial charge in [0.05, 0.1) is 78.3 Å². The van der Waals surface area contributed by atoms with Crippen LogP contribution >= 0.6 is 46.4 Å². The van der Waals surface area contributed by atoms with Gasteiger partial charge in [-0.2, -0.15) is 0 Å². The van der Waals surface area contributed by atoms with Crippen molar-refractivity contribution in [3.05, 3.63) is 128 Å². The molecule has 0 spiro atoms. The maximum Gasteiger partial charge on any atom is 0.199 e. The van der Waals surface area contributed by atoms with Gasteiger partial charge in [0.15, 0.2) is 11.6 Å². The van der Waals surface area contributed by atoms with E-state index in [2.05, 4.69) is 10.6 Å². The second-order valence-corrected chi connectivity index (χ2v) is 14.4. The van der Waals surface area contributed by atoms with Crippen LogP contribution in [-0.2, 0) is 0 Å². The van der Waals surface area contributed by atoms with Crippen LogP contribution in [0.3, 0.4) is 0 Å². The van der Waals surface area contributed by atoms with E-state index in [4.69, 9.17) is 65.9 Å². The number of ketones is 2. The first-order chi connectivity index (χ1) is 26.3. The van der Waals surface area contributed by atoms with Crippen molar-refractivity contribution in [1.29, 1.82) is 0 Å². The number of fused-ring (bicyclic) bond motifs is 5. The minimum absolute atomic E-state index is 0.186. The van der Waals surface area contributed by atoms with Crippen LogP contribution in [0.15, 0.2) is 106 Å². The Kier molecular flexibility index (Phi) is 13.9. The summed E-state index contributed by atoms with van der Waals surface area (Å²) in [4.78, 5) is 38.0. The van der Waals surface area contributed by atoms with Gasteiger partial charge in [-0.1, -0.05) is 109 Å². The normalized spacial score (nSPS) is 18.1. The second kappa shape index (κ2) is 19.1. The van der Waals surface area contributed by atoms with Gasteiger partial charge in [0.2, 0.25) is 0 Å². The predicted octanol–water partition coefficient (Wildman–Crippen LogP) is 12.7. The lowest BCUT2D eigenvalue weighted by Gasteiger charge is -2.14. The summed E-state index contributed by atoms with van der Waals surface area (Å²) in [5.74, 6) is 0.258. The Morgan fingerprint density at radius 2 is 0.870 bits per heavy atom. The first-order valence-corrected chi connectivity index (χ1v) is 19.3. The van der Waals surface area contributed by atoms with Crippen molar-refractivity contribution in [2.24, 2.45) is 9.98 Å². The van der Waals surface area contributed by atoms with Crippen molar-refractivity contribution >= 4 is 93.1 Å². The highest BCUT2D eigenvalue weighted by molar-refractivity contribution is 6.43. The molecule has 2 aliphatic rings. The quantitative estimate of drug-likeness (QED) is 0.184. The zero-order valence-electron chi connectivity index (χ0n) is 29.3. The van der Waals surface area contributed by atoms with Gasteiger partial charge in [-0.25, -0.2) is 0 Å². The van der Waals surface area contributed by atoms with Crippen LogP contribution in [-0.4, -0.2) is 37.2 Å². The number of benzene rings is 4. The number of anilines is 2. The van der Waals surface area contributed by atoms with Gasteiger partial charge < -0.3 is 20.1 Å². The average Bonchev–Trinajstić information content (AvgIpc) is 3.17. The molecule has 2 bridgehead atoms. The molecule has 0 saturated heterocycles. The van der Waals surface area contributed by atoms with Crippen molar-refractivity contribution in [3.8, 4) is 11.5 Å². The summed E-state index contributed by atoms with van der Waals surface area (Å²) >= 11 is 25.8. The van der Waals surface area contributed by atoms with Crippen molar-refractivity contribution in [3.63, 3.8) is 0 Å². The topological polar surface area (TPSA) is 101 Å². The van der Waals surface area contributed by atoms with E-state index in [1.165, 1.54) is 24.8 Å². The van der Waals surface area contributed by atoms with E-state index < -0.39 is 0 Å². The summed E-state index contributed by atoms with van der Waals surface area (Å²) in [6.45, 7) is 0.963. The number of ether oxygens (including phenoxy) is 2. The Bertz CT molecular complexity index is 2000. The fourth-order valence-corrected chi connectivity index (χ4v) is 6.57. The largest absolute Gasteiger partial charge is 0.493 e. The number of para-hydroxylation sites is 2. The minimum Gasteiger partial charge on any atom is -0.493 e. The lowest BCUT2D eigenvalue weighted by Crippen LogP contribution is -2.11. The first-order valence-electron chi connectivity index (χ1n) is 17.8. The van der Waals surface area contributed by atoms with Gasteiger partial charge >= 0.3 is 0 Å². The number of allylic oxidation sites excluding steroid dienone is 2. The summed E-state index contributed by atoms with van der Waals surface area (Å²) in [7, 11) is 0. The number of rotatable bonds is 0. The zero-order chi connectivity index (χ0) is 37.9. The number of carbonyl (C=O) groups excluding carboxylic acids is 2. The van der Waals surface area contributed by atoms with Crippen molar-refractivity contribution in [2.75, 3.05) is 23.8 Å². The fourth-order valence-electron chi connectivity index (χ4n) is 5.93. The van der Waals surface area contributed by atoms with Gasteiger partial charge in [-0.05, 0) is 61.4 Å². The van der Waals surface area contributed by atoms with Gasteiger partial charge in [0, 0.05) is 24.8 Å². The number of nitrogens with zero attached hydrogens (tertiary/aromatic N) is 2. The van der Waals surface area contributed by atoms with E-state index in [-0.39, 0.29) is 42.8 Å². The summed E-state index contributed by atoms with van der Waals surface area (Å²) in [5, 5.41) is 7.36. The molecular weight excluding hydrogens is 766 g/mol. The molecule has 2 aliphatic heterocycles. The molecule has 0 atom stereocenters. The molecule has 0 amide bonds. The van der Waals surface area contributed by atoms with Crippen LogP contribution in [0.2, 0.25) is 20.1 Å². The van der Waals surface area contributed by atoms with Crippen LogP contribution in [0, 0.1) is 0 Å². The lowest BCUT2D eigenvalue weighted by atomic mass is 10.0. The van der Waals surface area contributed by atoms with Crippen molar-refractivity contribution in [2.45, 2.75) is 51.4 Å². The molecule has 0 radical (unpaired) electrons. The number of hydrogen-bond acceptors (Lipinski definition) is 8. The third-order valence-corrected chi connectivity index (χ3v) is 10.3. The molecular formula is C42H38Cl4N4O4. The SMILES string of the molecule is O=C1/C2=C\Nc3cc(Cl)c(Cl)cc3N=C/C(=C\Nc3cc(Cl)c(Cl)cc3N=C2)C(=O)c2ccccc2OCCCCCCCCCCOc2ccccc21. The molecule has 0 unspecified atom stereocenters. The highest BCUT2D eigenvalue weighted by Crippen LogP contribution is 2.37. The second-order valence-electron chi connectivity index (χ2n) is 12.7. The molecule has 4 aromatic rings. The molecule has 0 aliphatic carbocycles. The van der Waals surface area contributed by atoms with Crippen LogP contribution in [0.4, 0.5) is 22.7 Å². The van der Waals surface area contributed by atoms with E-state index in [0.29, 0.717) is 58.6 Å². The molecule has 8 nitrogen and oxygen atoms in total. The average molecular weight is 805 g/mol. The van der Waals surface area contributed by atoms with E-state index >= 15 is 0 Å². The zero-order valence-corrected chi connectivity index (χ0v) is 32.4. The van der Waals surface area contributed by atoms with Crippen LogP contribution in [0.1, 0.15) is 72.1 Å². The molecule has 6 rings (SSSR count). The molecule has 12 heteroatoms. The molecule has 0 aromatic heterocycles. The predicted molar refractivity (Wildman–Crippen MR) is 222 cm³/mol. The number of nitrogens with one attached hydrogen (secondary N) is 2. The minimum atomic E-state index is -0.344. The van der Waals surface area contributed by atoms with Crippen LogP contribution in [0.5, 0.6) is 11.5 Å². The Morgan fingerprint density at radius 3 is 1.30 bits per heavy atom. The number of carbonyl (C=O) groups is 2. The van der Waals surface area contributed by atoms with Gasteiger partial charge in [-0.15, -0.1) is 0 Å². The highest BCUT2D eigenvalue weighted by atomic mass is 35.5. The maximum atomic E-state index is 14.3. The highest BCUT2D eigenvalue weighted by Gasteiger charge is 2.20. The third-order valence-electron chi connectivity index (χ3n) is 8.87. The van der Waals surface area contributed by atoms with Crippen molar-refractivity contribution < 1.29 is 19.1 Å². The molecule has 2 heterocycles. The van der Waals surface area contributed by atoms with Crippen molar-refractivity contribution in [1.82, 2.24) is 0 Å². The molecule has 0 fully saturated rings. The summed E-state index contributed by atoms with van der Waals surface area (Å²) in [6, 6.07) is 20.6. The fraction of sp³-hybridized carbons (Fsp3) is 0.238. The standard InChI is InChI=1S/C42H38Cl4N4O4/c43-31-19-35-37(21-33(31)45)49-25-28-26-50-38-22-34(46)32(44)20-36(38)48-24-27(23-47-35)41(51)29-13-7-9-15-39(29)53-17-11-5-3-1-2-4-6-12-18-54-40-16-10-8-14-30(40)42(28)52/h7-10,13-16,19-26,47,50H,1-6,11-12,17-18H2/b27-23-,28-26+,48-24?,49-25?. The lowest BCUT2D eigenvalue weighted by molar-refractivity contribution is 0.102. The smallest absolute Gasteiger partial charge is 0.199 e. The van der Waals surface area contributed by atoms with Gasteiger partial charge in [0.1, 0.15) is 11.5 Å². The molecule has 2 N–H and O–H groups in total. The third kappa shape index (κ3) is 10.1. The Hall–Kier alpha value is -4.60. The number of halogens is 4. The Labute approximate surface area is 334 Å².